The van der Waals surface area contributed by atoms with Crippen LogP contribution in [0.3, 0.4) is 0 Å². The summed E-state index contributed by atoms with van der Waals surface area (Å²) in [7, 11) is 0. The van der Waals surface area contributed by atoms with Crippen LogP contribution in [0.2, 0.25) is 5.02 Å². The van der Waals surface area contributed by atoms with Gasteiger partial charge in [-0.25, -0.2) is 0 Å². The smallest absolute Gasteiger partial charge is 0.277 e. The summed E-state index contributed by atoms with van der Waals surface area (Å²) in [5, 5.41) is 0.620. The lowest BCUT2D eigenvalue weighted by molar-refractivity contribution is -0.138. The van der Waals surface area contributed by atoms with Crippen LogP contribution in [0.5, 0.6) is 0 Å². The Kier molecular flexibility index (Phi) is 4.95. The summed E-state index contributed by atoms with van der Waals surface area (Å²) < 4.78 is 0. The number of imide groups is 1. The lowest BCUT2D eigenvalue weighted by atomic mass is 10.0. The Morgan fingerprint density at radius 3 is 2.21 bits per heavy atom. The molecule has 0 N–H and O–H groups in total. The van der Waals surface area contributed by atoms with Crippen molar-refractivity contribution in [2.45, 2.75) is 33.1 Å². The number of likely N-dealkylation sites (tertiary alicyclic amines) is 1. The van der Waals surface area contributed by atoms with Crippen molar-refractivity contribution in [2.75, 3.05) is 19.6 Å². The zero-order valence-corrected chi connectivity index (χ0v) is 15.0. The number of piperidine rings is 1. The minimum atomic E-state index is -0.184. The van der Waals surface area contributed by atoms with Crippen LogP contribution in [-0.4, -0.2) is 41.2 Å². The lowest BCUT2D eigenvalue weighted by Gasteiger charge is -2.29. The quantitative estimate of drug-likeness (QED) is 0.783. The predicted octanol–water partition coefficient (Wildman–Crippen LogP) is 3.56. The SMILES string of the molecule is CC(C)CN1C(=O)C(c2ccc(Cl)cc2)=C(N2CCCCC2)C1=O. The molecular weight excluding hydrogens is 324 g/mol. The Hall–Kier alpha value is -1.81. The first-order valence-electron chi connectivity index (χ1n) is 8.60. The van der Waals surface area contributed by atoms with Gasteiger partial charge in [0.05, 0.1) is 5.57 Å². The molecule has 1 saturated heterocycles. The predicted molar refractivity (Wildman–Crippen MR) is 95.4 cm³/mol. The first-order valence-corrected chi connectivity index (χ1v) is 8.98. The summed E-state index contributed by atoms with van der Waals surface area (Å²) in [5.74, 6) is -0.0952. The summed E-state index contributed by atoms with van der Waals surface area (Å²) in [4.78, 5) is 29.5. The van der Waals surface area contributed by atoms with E-state index >= 15 is 0 Å². The van der Waals surface area contributed by atoms with Gasteiger partial charge in [0.2, 0.25) is 0 Å². The number of hydrogen-bond acceptors (Lipinski definition) is 3. The highest BCUT2D eigenvalue weighted by Gasteiger charge is 2.41. The van der Waals surface area contributed by atoms with Gasteiger partial charge in [0, 0.05) is 24.7 Å². The minimum Gasteiger partial charge on any atom is -0.366 e. The molecule has 128 valence electrons. The zero-order chi connectivity index (χ0) is 17.3. The van der Waals surface area contributed by atoms with Crippen LogP contribution < -0.4 is 0 Å². The highest BCUT2D eigenvalue weighted by molar-refractivity contribution is 6.36. The van der Waals surface area contributed by atoms with E-state index < -0.39 is 0 Å². The normalized spacial score (nSPS) is 19.0. The summed E-state index contributed by atoms with van der Waals surface area (Å²) in [6.07, 6.45) is 3.30. The number of carbonyl (C=O) groups is 2. The van der Waals surface area contributed by atoms with E-state index in [-0.39, 0.29) is 17.7 Å². The van der Waals surface area contributed by atoms with Gasteiger partial charge in [-0.3, -0.25) is 14.5 Å². The van der Waals surface area contributed by atoms with E-state index in [0.717, 1.165) is 31.5 Å². The van der Waals surface area contributed by atoms with Gasteiger partial charge < -0.3 is 4.90 Å². The monoisotopic (exact) mass is 346 g/mol. The molecule has 0 atom stereocenters. The van der Waals surface area contributed by atoms with Crippen molar-refractivity contribution in [3.63, 3.8) is 0 Å². The van der Waals surface area contributed by atoms with E-state index in [0.29, 0.717) is 22.8 Å². The molecule has 1 fully saturated rings. The van der Waals surface area contributed by atoms with E-state index in [9.17, 15) is 9.59 Å². The number of benzene rings is 1. The van der Waals surface area contributed by atoms with Gasteiger partial charge >= 0.3 is 0 Å². The third-order valence-electron chi connectivity index (χ3n) is 4.50. The molecule has 0 aliphatic carbocycles. The van der Waals surface area contributed by atoms with Crippen LogP contribution in [0.15, 0.2) is 30.0 Å². The second-order valence-corrected chi connectivity index (χ2v) is 7.33. The number of nitrogens with zero attached hydrogens (tertiary/aromatic N) is 2. The number of rotatable bonds is 4. The first kappa shape index (κ1) is 17.0. The van der Waals surface area contributed by atoms with Crippen molar-refractivity contribution < 1.29 is 9.59 Å². The molecule has 2 aliphatic heterocycles. The third kappa shape index (κ3) is 3.20. The van der Waals surface area contributed by atoms with Crippen LogP contribution in [0.25, 0.3) is 5.57 Å². The van der Waals surface area contributed by atoms with Gasteiger partial charge in [-0.05, 0) is 42.9 Å². The Labute approximate surface area is 148 Å². The largest absolute Gasteiger partial charge is 0.366 e. The third-order valence-corrected chi connectivity index (χ3v) is 4.75. The van der Waals surface area contributed by atoms with Crippen molar-refractivity contribution >= 4 is 29.0 Å². The lowest BCUT2D eigenvalue weighted by Crippen LogP contribution is -2.38. The Balaban J connectivity index is 2.05. The second kappa shape index (κ2) is 6.98. The Morgan fingerprint density at radius 1 is 1.00 bits per heavy atom. The number of amides is 2. The van der Waals surface area contributed by atoms with Gasteiger partial charge in [-0.1, -0.05) is 37.6 Å². The van der Waals surface area contributed by atoms with Crippen molar-refractivity contribution in [3.8, 4) is 0 Å². The number of hydrogen-bond donors (Lipinski definition) is 0. The fraction of sp³-hybridized carbons (Fsp3) is 0.474. The number of carbonyl (C=O) groups excluding carboxylic acids is 2. The minimum absolute atomic E-state index is 0.152. The van der Waals surface area contributed by atoms with Crippen molar-refractivity contribution in [1.82, 2.24) is 9.80 Å². The molecule has 0 unspecified atom stereocenters. The topological polar surface area (TPSA) is 40.6 Å². The van der Waals surface area contributed by atoms with Gasteiger partial charge in [0.15, 0.2) is 0 Å². The van der Waals surface area contributed by atoms with Gasteiger partial charge in [-0.15, -0.1) is 0 Å². The average molecular weight is 347 g/mol. The molecule has 1 aromatic carbocycles. The molecule has 3 rings (SSSR count). The molecule has 2 aliphatic rings. The molecule has 2 amide bonds. The maximum Gasteiger partial charge on any atom is 0.277 e. The molecule has 0 radical (unpaired) electrons. The van der Waals surface area contributed by atoms with Crippen LogP contribution in [0.4, 0.5) is 0 Å². The molecule has 0 aromatic heterocycles. The molecule has 4 nitrogen and oxygen atoms in total. The van der Waals surface area contributed by atoms with Gasteiger partial charge in [-0.2, -0.15) is 0 Å². The number of halogens is 1. The molecule has 24 heavy (non-hydrogen) atoms. The van der Waals surface area contributed by atoms with Crippen molar-refractivity contribution in [1.29, 1.82) is 0 Å². The standard InChI is InChI=1S/C19H23ClN2O2/c1-13(2)12-22-18(23)16(14-6-8-15(20)9-7-14)17(19(22)24)21-10-4-3-5-11-21/h6-9,13H,3-5,10-12H2,1-2H3. The summed E-state index contributed by atoms with van der Waals surface area (Å²) in [5.41, 5.74) is 1.87. The van der Waals surface area contributed by atoms with E-state index in [4.69, 9.17) is 11.6 Å². The van der Waals surface area contributed by atoms with Gasteiger partial charge in [0.1, 0.15) is 5.70 Å². The van der Waals surface area contributed by atoms with E-state index in [2.05, 4.69) is 4.90 Å². The van der Waals surface area contributed by atoms with Crippen molar-refractivity contribution in [2.24, 2.45) is 5.92 Å². The molecule has 2 heterocycles. The van der Waals surface area contributed by atoms with Crippen LogP contribution in [-0.2, 0) is 9.59 Å². The van der Waals surface area contributed by atoms with E-state index in [1.165, 1.54) is 11.3 Å². The summed E-state index contributed by atoms with van der Waals surface area (Å²) in [6, 6.07) is 7.18. The molecule has 5 heteroatoms. The van der Waals surface area contributed by atoms with Crippen LogP contribution in [0.1, 0.15) is 38.7 Å². The zero-order valence-electron chi connectivity index (χ0n) is 14.2. The highest BCUT2D eigenvalue weighted by atomic mass is 35.5. The summed E-state index contributed by atoms with van der Waals surface area (Å²) in [6.45, 7) is 6.15. The Morgan fingerprint density at radius 2 is 1.62 bits per heavy atom. The van der Waals surface area contributed by atoms with Crippen molar-refractivity contribution in [3.05, 3.63) is 40.5 Å². The van der Waals surface area contributed by atoms with E-state index in [1.807, 2.05) is 26.0 Å². The average Bonchev–Trinajstić information content (AvgIpc) is 2.81. The molecule has 0 saturated carbocycles. The molecule has 1 aromatic rings. The maximum atomic E-state index is 13.0. The maximum absolute atomic E-state index is 13.0. The molecule has 0 spiro atoms. The fourth-order valence-corrected chi connectivity index (χ4v) is 3.51. The molecular formula is C19H23ClN2O2. The second-order valence-electron chi connectivity index (χ2n) is 6.89. The Bertz CT molecular complexity index is 673. The van der Waals surface area contributed by atoms with Gasteiger partial charge in [0.25, 0.3) is 11.8 Å². The molecule has 0 bridgehead atoms. The van der Waals surface area contributed by atoms with E-state index in [1.54, 1.807) is 12.1 Å². The van der Waals surface area contributed by atoms with Crippen LogP contribution >= 0.6 is 11.6 Å². The fourth-order valence-electron chi connectivity index (χ4n) is 3.38. The van der Waals surface area contributed by atoms with Crippen LogP contribution in [0, 0.1) is 5.92 Å². The highest BCUT2D eigenvalue weighted by Crippen LogP contribution is 2.33. The summed E-state index contributed by atoms with van der Waals surface area (Å²) >= 11 is 5.98. The first-order chi connectivity index (χ1) is 11.5.